The van der Waals surface area contributed by atoms with Crippen LogP contribution in [0.1, 0.15) is 40.8 Å². The first-order chi connectivity index (χ1) is 13.3. The summed E-state index contributed by atoms with van der Waals surface area (Å²) in [6, 6.07) is 19.4. The SMILES string of the molecule is Cc1ccc2c(c1)[C@@H]1C=CC[C@H]1[C@H](c1ccc(N=Cc3ccco3)cc1)N2. The molecule has 2 aromatic carbocycles. The van der Waals surface area contributed by atoms with E-state index in [1.54, 1.807) is 12.5 Å². The first-order valence-electron chi connectivity index (χ1n) is 9.49. The van der Waals surface area contributed by atoms with Crippen molar-refractivity contribution in [3.63, 3.8) is 0 Å². The minimum Gasteiger partial charge on any atom is -0.463 e. The first-order valence-corrected chi connectivity index (χ1v) is 9.49. The maximum Gasteiger partial charge on any atom is 0.144 e. The van der Waals surface area contributed by atoms with Gasteiger partial charge in [0.1, 0.15) is 5.76 Å². The summed E-state index contributed by atoms with van der Waals surface area (Å²) >= 11 is 0. The number of allylic oxidation sites excluding steroid dienone is 2. The molecule has 1 N–H and O–H groups in total. The van der Waals surface area contributed by atoms with Crippen LogP contribution in [0, 0.1) is 12.8 Å². The first kappa shape index (κ1) is 16.1. The van der Waals surface area contributed by atoms with Gasteiger partial charge in [0.05, 0.1) is 24.2 Å². The minimum absolute atomic E-state index is 0.323. The molecule has 2 aliphatic rings. The zero-order chi connectivity index (χ0) is 18.2. The molecular formula is C24H22N2O. The van der Waals surface area contributed by atoms with Gasteiger partial charge in [0, 0.05) is 11.6 Å². The number of benzene rings is 2. The van der Waals surface area contributed by atoms with Gasteiger partial charge in [0.15, 0.2) is 0 Å². The van der Waals surface area contributed by atoms with Crippen molar-refractivity contribution in [1.82, 2.24) is 0 Å². The smallest absolute Gasteiger partial charge is 0.144 e. The molecule has 3 heteroatoms. The average Bonchev–Trinajstić information content (AvgIpc) is 3.38. The second-order valence-corrected chi connectivity index (χ2v) is 7.43. The Hall–Kier alpha value is -3.07. The van der Waals surface area contributed by atoms with Crippen LogP contribution in [0.15, 0.2) is 82.4 Å². The summed E-state index contributed by atoms with van der Waals surface area (Å²) in [7, 11) is 0. The molecule has 0 saturated carbocycles. The number of fused-ring (bicyclic) bond motifs is 3. The van der Waals surface area contributed by atoms with Crippen LogP contribution in [0.5, 0.6) is 0 Å². The van der Waals surface area contributed by atoms with Gasteiger partial charge >= 0.3 is 0 Å². The molecule has 0 amide bonds. The van der Waals surface area contributed by atoms with Crippen molar-refractivity contribution in [3.05, 3.63) is 95.5 Å². The normalized spacial score (nSPS) is 23.2. The van der Waals surface area contributed by atoms with E-state index in [-0.39, 0.29) is 0 Å². The van der Waals surface area contributed by atoms with E-state index in [1.807, 2.05) is 12.1 Å². The number of hydrogen-bond acceptors (Lipinski definition) is 3. The molecule has 3 atom stereocenters. The predicted octanol–water partition coefficient (Wildman–Crippen LogP) is 6.17. The lowest BCUT2D eigenvalue weighted by atomic mass is 9.76. The fourth-order valence-corrected chi connectivity index (χ4v) is 4.31. The molecule has 5 rings (SSSR count). The maximum absolute atomic E-state index is 5.30. The van der Waals surface area contributed by atoms with Crippen molar-refractivity contribution in [1.29, 1.82) is 0 Å². The lowest BCUT2D eigenvalue weighted by Crippen LogP contribution is -2.29. The Morgan fingerprint density at radius 1 is 1.11 bits per heavy atom. The lowest BCUT2D eigenvalue weighted by molar-refractivity contribution is 0.425. The van der Waals surface area contributed by atoms with Crippen LogP contribution in [-0.4, -0.2) is 6.21 Å². The van der Waals surface area contributed by atoms with E-state index >= 15 is 0 Å². The lowest BCUT2D eigenvalue weighted by Gasteiger charge is -2.37. The number of nitrogens with zero attached hydrogens (tertiary/aromatic N) is 1. The Labute approximate surface area is 159 Å². The third-order valence-electron chi connectivity index (χ3n) is 5.65. The zero-order valence-corrected chi connectivity index (χ0v) is 15.3. The van der Waals surface area contributed by atoms with Crippen LogP contribution >= 0.6 is 0 Å². The highest BCUT2D eigenvalue weighted by molar-refractivity contribution is 5.78. The van der Waals surface area contributed by atoms with E-state index in [0.717, 1.165) is 17.9 Å². The Balaban J connectivity index is 1.42. The largest absolute Gasteiger partial charge is 0.463 e. The van der Waals surface area contributed by atoms with Gasteiger partial charge in [0.2, 0.25) is 0 Å². The molecule has 3 aromatic rings. The molecule has 0 spiro atoms. The second-order valence-electron chi connectivity index (χ2n) is 7.43. The molecule has 1 aliphatic carbocycles. The van der Waals surface area contributed by atoms with Gasteiger partial charge in [-0.2, -0.15) is 0 Å². The summed E-state index contributed by atoms with van der Waals surface area (Å²) < 4.78 is 5.30. The molecule has 0 bridgehead atoms. The number of rotatable bonds is 3. The van der Waals surface area contributed by atoms with Gasteiger partial charge in [-0.25, -0.2) is 0 Å². The highest BCUT2D eigenvalue weighted by Crippen LogP contribution is 2.49. The zero-order valence-electron chi connectivity index (χ0n) is 15.3. The van der Waals surface area contributed by atoms with Gasteiger partial charge < -0.3 is 9.73 Å². The third-order valence-corrected chi connectivity index (χ3v) is 5.65. The van der Waals surface area contributed by atoms with Crippen molar-refractivity contribution >= 4 is 17.6 Å². The van der Waals surface area contributed by atoms with E-state index in [4.69, 9.17) is 4.42 Å². The van der Waals surface area contributed by atoms with Gasteiger partial charge in [-0.05, 0) is 60.7 Å². The summed E-state index contributed by atoms with van der Waals surface area (Å²) in [5.41, 5.74) is 6.27. The fraction of sp³-hybridized carbons (Fsp3) is 0.208. The average molecular weight is 354 g/mol. The van der Waals surface area contributed by atoms with E-state index in [9.17, 15) is 0 Å². The number of nitrogens with one attached hydrogen (secondary N) is 1. The van der Waals surface area contributed by atoms with E-state index < -0.39 is 0 Å². The quantitative estimate of drug-likeness (QED) is 0.451. The molecule has 0 fully saturated rings. The number of aryl methyl sites for hydroxylation is 1. The Bertz CT molecular complexity index is 999. The number of hydrogen-bond donors (Lipinski definition) is 1. The third kappa shape index (κ3) is 2.99. The van der Waals surface area contributed by atoms with Crippen LogP contribution in [-0.2, 0) is 0 Å². The molecule has 1 aromatic heterocycles. The van der Waals surface area contributed by atoms with E-state index in [1.165, 1.54) is 22.4 Å². The highest BCUT2D eigenvalue weighted by atomic mass is 16.3. The molecule has 0 radical (unpaired) electrons. The van der Waals surface area contributed by atoms with Crippen molar-refractivity contribution in [2.45, 2.75) is 25.3 Å². The monoisotopic (exact) mass is 354 g/mol. The van der Waals surface area contributed by atoms with E-state index in [2.05, 4.69) is 71.8 Å². The molecule has 1 aliphatic heterocycles. The Morgan fingerprint density at radius 3 is 2.81 bits per heavy atom. The second kappa shape index (κ2) is 6.58. The minimum atomic E-state index is 0.323. The van der Waals surface area contributed by atoms with E-state index in [0.29, 0.717) is 17.9 Å². The summed E-state index contributed by atoms with van der Waals surface area (Å²) in [5.74, 6) is 1.83. The molecule has 0 unspecified atom stereocenters. The van der Waals surface area contributed by atoms with Crippen LogP contribution < -0.4 is 5.32 Å². The number of furan rings is 1. The van der Waals surface area contributed by atoms with Crippen LogP contribution in [0.4, 0.5) is 11.4 Å². The van der Waals surface area contributed by atoms with Crippen molar-refractivity contribution in [3.8, 4) is 0 Å². The summed E-state index contributed by atoms with van der Waals surface area (Å²) in [6.45, 7) is 2.17. The van der Waals surface area contributed by atoms with Crippen molar-refractivity contribution < 1.29 is 4.42 Å². The van der Waals surface area contributed by atoms with Gasteiger partial charge in [-0.1, -0.05) is 42.0 Å². The van der Waals surface area contributed by atoms with Gasteiger partial charge in [-0.3, -0.25) is 4.99 Å². The highest BCUT2D eigenvalue weighted by Gasteiger charge is 2.37. The molecule has 27 heavy (non-hydrogen) atoms. The van der Waals surface area contributed by atoms with Crippen LogP contribution in [0.3, 0.4) is 0 Å². The van der Waals surface area contributed by atoms with Crippen LogP contribution in [0.25, 0.3) is 0 Å². The topological polar surface area (TPSA) is 37.5 Å². The molecule has 2 heterocycles. The summed E-state index contributed by atoms with van der Waals surface area (Å²) in [4.78, 5) is 4.50. The van der Waals surface area contributed by atoms with Crippen molar-refractivity contribution in [2.75, 3.05) is 5.32 Å². The van der Waals surface area contributed by atoms with Gasteiger partial charge in [0.25, 0.3) is 0 Å². The maximum atomic E-state index is 5.30. The van der Waals surface area contributed by atoms with Crippen LogP contribution in [0.2, 0.25) is 0 Å². The standard InChI is InChI=1S/C24H22N2O/c1-16-7-12-23-22(14-16)20-5-2-6-21(20)24(26-23)17-8-10-18(11-9-17)25-15-19-4-3-13-27-19/h2-5,7-15,20-21,24,26H,6H2,1H3/t20-,21-,24+/m1/s1. The molecular weight excluding hydrogens is 332 g/mol. The predicted molar refractivity (Wildman–Crippen MR) is 110 cm³/mol. The number of aliphatic imine (C=N–C) groups is 1. The number of anilines is 1. The van der Waals surface area contributed by atoms with Gasteiger partial charge in [-0.15, -0.1) is 0 Å². The molecule has 0 saturated heterocycles. The fourth-order valence-electron chi connectivity index (χ4n) is 4.31. The Morgan fingerprint density at radius 2 is 2.00 bits per heavy atom. The Kier molecular flexibility index (Phi) is 3.93. The summed E-state index contributed by atoms with van der Waals surface area (Å²) in [6.07, 6.45) is 9.25. The summed E-state index contributed by atoms with van der Waals surface area (Å²) in [5, 5.41) is 3.79. The molecule has 3 nitrogen and oxygen atoms in total. The molecule has 134 valence electrons. The van der Waals surface area contributed by atoms with Crippen molar-refractivity contribution in [2.24, 2.45) is 10.9 Å².